The van der Waals surface area contributed by atoms with Gasteiger partial charge in [-0.05, 0) is 24.4 Å². The molecule has 0 saturated heterocycles. The predicted molar refractivity (Wildman–Crippen MR) is 62.1 cm³/mol. The van der Waals surface area contributed by atoms with Crippen LogP contribution in [0, 0.1) is 16.0 Å². The maximum absolute atomic E-state index is 10.4. The van der Waals surface area contributed by atoms with E-state index in [1.165, 1.54) is 11.3 Å². The Morgan fingerprint density at radius 2 is 2.33 bits per heavy atom. The van der Waals surface area contributed by atoms with Crippen molar-refractivity contribution in [2.45, 2.75) is 26.8 Å². The van der Waals surface area contributed by atoms with E-state index in [9.17, 15) is 10.1 Å². The Kier molecular flexibility index (Phi) is 4.71. The van der Waals surface area contributed by atoms with Crippen LogP contribution in [-0.2, 0) is 6.54 Å². The van der Waals surface area contributed by atoms with Crippen molar-refractivity contribution in [3.63, 3.8) is 0 Å². The minimum Gasteiger partial charge on any atom is -0.313 e. The summed E-state index contributed by atoms with van der Waals surface area (Å²) < 4.78 is 0. The summed E-state index contributed by atoms with van der Waals surface area (Å²) in [6, 6.07) is 1.63. The summed E-state index contributed by atoms with van der Waals surface area (Å²) >= 11 is 1.18. The average Bonchev–Trinajstić information content (AvgIpc) is 2.60. The van der Waals surface area contributed by atoms with E-state index in [1.807, 2.05) is 5.38 Å². The van der Waals surface area contributed by atoms with E-state index >= 15 is 0 Å². The van der Waals surface area contributed by atoms with Gasteiger partial charge in [-0.25, -0.2) is 0 Å². The quantitative estimate of drug-likeness (QED) is 0.463. The molecule has 4 nitrogen and oxygen atoms in total. The lowest BCUT2D eigenvalue weighted by molar-refractivity contribution is -0.380. The zero-order chi connectivity index (χ0) is 11.3. The van der Waals surface area contributed by atoms with Crippen LogP contribution in [0.15, 0.2) is 11.4 Å². The van der Waals surface area contributed by atoms with Crippen molar-refractivity contribution in [1.29, 1.82) is 0 Å². The SMILES string of the molecule is CC(C)CCNCc1csc([N+](=O)[O-])c1. The molecular formula is C10H16N2O2S. The lowest BCUT2D eigenvalue weighted by Gasteiger charge is -2.05. The van der Waals surface area contributed by atoms with Crippen LogP contribution >= 0.6 is 11.3 Å². The van der Waals surface area contributed by atoms with E-state index in [1.54, 1.807) is 6.07 Å². The first-order valence-corrected chi connectivity index (χ1v) is 5.90. The summed E-state index contributed by atoms with van der Waals surface area (Å²) in [4.78, 5) is 10.1. The fourth-order valence-electron chi connectivity index (χ4n) is 1.17. The van der Waals surface area contributed by atoms with Crippen molar-refractivity contribution < 1.29 is 4.92 Å². The molecule has 0 fully saturated rings. The van der Waals surface area contributed by atoms with E-state index in [0.717, 1.165) is 25.1 Å². The normalized spacial score (nSPS) is 10.9. The van der Waals surface area contributed by atoms with Crippen LogP contribution in [0.4, 0.5) is 5.00 Å². The Labute approximate surface area is 93.5 Å². The van der Waals surface area contributed by atoms with Gasteiger partial charge in [0.15, 0.2) is 0 Å². The third kappa shape index (κ3) is 4.40. The third-order valence-corrected chi connectivity index (χ3v) is 2.98. The Morgan fingerprint density at radius 3 is 2.87 bits per heavy atom. The predicted octanol–water partition coefficient (Wildman–Crippen LogP) is 2.79. The summed E-state index contributed by atoms with van der Waals surface area (Å²) in [7, 11) is 0. The number of nitrogens with one attached hydrogen (secondary N) is 1. The molecule has 1 aromatic rings. The summed E-state index contributed by atoms with van der Waals surface area (Å²) in [5, 5.41) is 15.8. The van der Waals surface area contributed by atoms with Crippen molar-refractivity contribution in [3.8, 4) is 0 Å². The van der Waals surface area contributed by atoms with E-state index in [-0.39, 0.29) is 9.92 Å². The van der Waals surface area contributed by atoms with Gasteiger partial charge in [0.25, 0.3) is 0 Å². The minimum atomic E-state index is -0.345. The molecule has 0 aliphatic heterocycles. The molecule has 0 unspecified atom stereocenters. The fourth-order valence-corrected chi connectivity index (χ4v) is 1.90. The Bertz CT molecular complexity index is 323. The van der Waals surface area contributed by atoms with Gasteiger partial charge in [0.2, 0.25) is 0 Å². The number of hydrogen-bond donors (Lipinski definition) is 1. The van der Waals surface area contributed by atoms with Crippen LogP contribution in [0.2, 0.25) is 0 Å². The standard InChI is InChI=1S/C10H16N2O2S/c1-8(2)3-4-11-6-9-5-10(12(13)14)15-7-9/h5,7-8,11H,3-4,6H2,1-2H3. The van der Waals surface area contributed by atoms with Gasteiger partial charge >= 0.3 is 5.00 Å². The second-order valence-electron chi connectivity index (χ2n) is 3.91. The molecule has 1 rings (SSSR count). The maximum Gasteiger partial charge on any atom is 0.324 e. The number of thiophene rings is 1. The summed E-state index contributed by atoms with van der Waals surface area (Å²) in [5.41, 5.74) is 0.996. The van der Waals surface area contributed by atoms with Crippen molar-refractivity contribution in [2.24, 2.45) is 5.92 Å². The second kappa shape index (κ2) is 5.82. The maximum atomic E-state index is 10.4. The van der Waals surface area contributed by atoms with Gasteiger partial charge in [-0.1, -0.05) is 25.2 Å². The van der Waals surface area contributed by atoms with Crippen molar-refractivity contribution in [3.05, 3.63) is 27.1 Å². The molecule has 0 aliphatic rings. The first-order chi connectivity index (χ1) is 7.09. The second-order valence-corrected chi connectivity index (χ2v) is 4.80. The zero-order valence-corrected chi connectivity index (χ0v) is 9.84. The largest absolute Gasteiger partial charge is 0.324 e. The number of nitro groups is 1. The van der Waals surface area contributed by atoms with Crippen molar-refractivity contribution in [1.82, 2.24) is 5.32 Å². The lowest BCUT2D eigenvalue weighted by Crippen LogP contribution is -2.15. The first-order valence-electron chi connectivity index (χ1n) is 5.02. The summed E-state index contributed by atoms with van der Waals surface area (Å²) in [6.07, 6.45) is 1.13. The molecule has 0 radical (unpaired) electrons. The highest BCUT2D eigenvalue weighted by molar-refractivity contribution is 7.13. The molecule has 0 amide bonds. The Balaban J connectivity index is 2.29. The molecule has 5 heteroatoms. The highest BCUT2D eigenvalue weighted by Gasteiger charge is 2.08. The zero-order valence-electron chi connectivity index (χ0n) is 9.03. The smallest absolute Gasteiger partial charge is 0.313 e. The Hall–Kier alpha value is -0.940. The van der Waals surface area contributed by atoms with Gasteiger partial charge in [-0.15, -0.1) is 0 Å². The van der Waals surface area contributed by atoms with E-state index in [0.29, 0.717) is 5.92 Å². The van der Waals surface area contributed by atoms with E-state index in [2.05, 4.69) is 19.2 Å². The molecule has 0 aliphatic carbocycles. The van der Waals surface area contributed by atoms with Gasteiger partial charge in [0, 0.05) is 18.0 Å². The van der Waals surface area contributed by atoms with Crippen LogP contribution in [0.3, 0.4) is 0 Å². The minimum absolute atomic E-state index is 0.218. The molecule has 0 bridgehead atoms. The molecule has 0 atom stereocenters. The number of hydrogen-bond acceptors (Lipinski definition) is 4. The molecule has 0 spiro atoms. The van der Waals surface area contributed by atoms with Crippen LogP contribution < -0.4 is 5.32 Å². The monoisotopic (exact) mass is 228 g/mol. The van der Waals surface area contributed by atoms with Crippen molar-refractivity contribution in [2.75, 3.05) is 6.54 Å². The van der Waals surface area contributed by atoms with Crippen LogP contribution in [0.5, 0.6) is 0 Å². The average molecular weight is 228 g/mol. The molecule has 15 heavy (non-hydrogen) atoms. The highest BCUT2D eigenvalue weighted by Crippen LogP contribution is 2.22. The van der Waals surface area contributed by atoms with Crippen LogP contribution in [0.1, 0.15) is 25.8 Å². The molecular weight excluding hydrogens is 212 g/mol. The molecule has 0 aromatic carbocycles. The van der Waals surface area contributed by atoms with E-state index < -0.39 is 0 Å². The molecule has 0 saturated carbocycles. The summed E-state index contributed by atoms with van der Waals surface area (Å²) in [5.74, 6) is 0.689. The first kappa shape index (κ1) is 12.1. The van der Waals surface area contributed by atoms with Gasteiger partial charge < -0.3 is 5.32 Å². The van der Waals surface area contributed by atoms with Gasteiger partial charge in [0.05, 0.1) is 4.92 Å². The fraction of sp³-hybridized carbons (Fsp3) is 0.600. The molecule has 84 valence electrons. The molecule has 1 N–H and O–H groups in total. The van der Waals surface area contributed by atoms with Gasteiger partial charge in [-0.3, -0.25) is 10.1 Å². The number of rotatable bonds is 6. The summed E-state index contributed by atoms with van der Waals surface area (Å²) in [6.45, 7) is 6.03. The lowest BCUT2D eigenvalue weighted by atomic mass is 10.1. The Morgan fingerprint density at radius 1 is 1.60 bits per heavy atom. The molecule has 1 heterocycles. The van der Waals surface area contributed by atoms with Gasteiger partial charge in [0.1, 0.15) is 0 Å². The topological polar surface area (TPSA) is 55.2 Å². The van der Waals surface area contributed by atoms with Crippen LogP contribution in [-0.4, -0.2) is 11.5 Å². The molecule has 1 aromatic heterocycles. The van der Waals surface area contributed by atoms with Gasteiger partial charge in [-0.2, -0.15) is 0 Å². The number of nitrogens with zero attached hydrogens (tertiary/aromatic N) is 1. The van der Waals surface area contributed by atoms with E-state index in [4.69, 9.17) is 0 Å². The third-order valence-electron chi connectivity index (χ3n) is 2.05. The van der Waals surface area contributed by atoms with Crippen LogP contribution in [0.25, 0.3) is 0 Å². The van der Waals surface area contributed by atoms with Crippen molar-refractivity contribution >= 4 is 16.3 Å². The highest BCUT2D eigenvalue weighted by atomic mass is 32.1.